The van der Waals surface area contributed by atoms with Crippen molar-refractivity contribution in [1.82, 2.24) is 5.32 Å². The van der Waals surface area contributed by atoms with Gasteiger partial charge in [-0.1, -0.05) is 19.1 Å². The fourth-order valence-electron chi connectivity index (χ4n) is 2.64. The van der Waals surface area contributed by atoms with E-state index in [4.69, 9.17) is 0 Å². The minimum absolute atomic E-state index is 0.0733. The van der Waals surface area contributed by atoms with E-state index in [0.29, 0.717) is 12.0 Å². The summed E-state index contributed by atoms with van der Waals surface area (Å²) in [5.74, 6) is -1.83. The van der Waals surface area contributed by atoms with Crippen molar-refractivity contribution in [3.05, 3.63) is 35.6 Å². The van der Waals surface area contributed by atoms with Crippen LogP contribution in [0.25, 0.3) is 0 Å². The second-order valence-electron chi connectivity index (χ2n) is 4.54. The number of aliphatic carboxylic acids is 1. The number of benzene rings is 1. The molecule has 0 bridgehead atoms. The molecule has 2 atom stereocenters. The van der Waals surface area contributed by atoms with Crippen LogP contribution in [-0.4, -0.2) is 23.0 Å². The van der Waals surface area contributed by atoms with Gasteiger partial charge in [0.2, 0.25) is 5.91 Å². The van der Waals surface area contributed by atoms with Crippen LogP contribution in [0.15, 0.2) is 24.3 Å². The van der Waals surface area contributed by atoms with Gasteiger partial charge in [-0.05, 0) is 24.1 Å². The lowest BCUT2D eigenvalue weighted by atomic mass is 9.72. The van der Waals surface area contributed by atoms with Gasteiger partial charge in [-0.3, -0.25) is 4.79 Å². The lowest BCUT2D eigenvalue weighted by Gasteiger charge is -2.31. The number of carboxylic acid groups (broad SMARTS) is 1. The Morgan fingerprint density at radius 1 is 1.61 bits per heavy atom. The average Bonchev–Trinajstić information content (AvgIpc) is 2.68. The van der Waals surface area contributed by atoms with Crippen LogP contribution in [0.3, 0.4) is 0 Å². The largest absolute Gasteiger partial charge is 0.480 e. The summed E-state index contributed by atoms with van der Waals surface area (Å²) in [6, 6.07) is 4.80. The van der Waals surface area contributed by atoms with Crippen LogP contribution in [0.5, 0.6) is 0 Å². The molecule has 1 aliphatic heterocycles. The standard InChI is InChI=1S/C13H14FNO3/c1-2-13(8-4-3-5-9(14)6-8)7-10(16)15-11(13)12(17)18/h3-6,11H,2,7H2,1H3,(H,15,16)(H,17,18). The van der Waals surface area contributed by atoms with E-state index in [9.17, 15) is 19.1 Å². The van der Waals surface area contributed by atoms with Gasteiger partial charge in [-0.2, -0.15) is 0 Å². The molecule has 2 rings (SSSR count). The fraction of sp³-hybridized carbons (Fsp3) is 0.385. The third-order valence-corrected chi connectivity index (χ3v) is 3.61. The van der Waals surface area contributed by atoms with E-state index in [0.717, 1.165) is 0 Å². The first-order chi connectivity index (χ1) is 8.49. The number of halogens is 1. The van der Waals surface area contributed by atoms with Crippen molar-refractivity contribution in [2.75, 3.05) is 0 Å². The molecule has 0 aliphatic carbocycles. The Bertz CT molecular complexity index is 503. The molecular formula is C13H14FNO3. The van der Waals surface area contributed by atoms with Crippen molar-refractivity contribution in [2.24, 2.45) is 0 Å². The predicted octanol–water partition coefficient (Wildman–Crippen LogP) is 1.45. The zero-order valence-electron chi connectivity index (χ0n) is 9.94. The summed E-state index contributed by atoms with van der Waals surface area (Å²) in [6.07, 6.45) is 0.524. The molecule has 96 valence electrons. The summed E-state index contributed by atoms with van der Waals surface area (Å²) in [6.45, 7) is 1.81. The molecule has 0 spiro atoms. The normalized spacial score (nSPS) is 27.0. The summed E-state index contributed by atoms with van der Waals surface area (Å²) in [5, 5.41) is 11.7. The first-order valence-electron chi connectivity index (χ1n) is 5.78. The number of rotatable bonds is 3. The third-order valence-electron chi connectivity index (χ3n) is 3.61. The number of carboxylic acids is 1. The van der Waals surface area contributed by atoms with Gasteiger partial charge in [0.1, 0.15) is 11.9 Å². The molecule has 2 unspecified atom stereocenters. The number of hydrogen-bond acceptors (Lipinski definition) is 2. The van der Waals surface area contributed by atoms with E-state index in [1.165, 1.54) is 18.2 Å². The molecule has 2 N–H and O–H groups in total. The van der Waals surface area contributed by atoms with Crippen molar-refractivity contribution in [3.63, 3.8) is 0 Å². The van der Waals surface area contributed by atoms with Crippen molar-refractivity contribution in [3.8, 4) is 0 Å². The van der Waals surface area contributed by atoms with Crippen LogP contribution in [0, 0.1) is 5.82 Å². The maximum absolute atomic E-state index is 13.3. The molecule has 5 heteroatoms. The monoisotopic (exact) mass is 251 g/mol. The summed E-state index contributed by atoms with van der Waals surface area (Å²) in [5.41, 5.74) is -0.318. The molecule has 4 nitrogen and oxygen atoms in total. The zero-order valence-corrected chi connectivity index (χ0v) is 9.94. The maximum Gasteiger partial charge on any atom is 0.327 e. The van der Waals surface area contributed by atoms with Gasteiger partial charge in [0.15, 0.2) is 0 Å². The van der Waals surface area contributed by atoms with Crippen LogP contribution in [0.4, 0.5) is 4.39 Å². The van der Waals surface area contributed by atoms with Gasteiger partial charge < -0.3 is 10.4 Å². The van der Waals surface area contributed by atoms with Crippen LogP contribution >= 0.6 is 0 Å². The second-order valence-corrected chi connectivity index (χ2v) is 4.54. The molecule has 0 radical (unpaired) electrons. The Kier molecular flexibility index (Phi) is 3.07. The van der Waals surface area contributed by atoms with Crippen molar-refractivity contribution < 1.29 is 19.1 Å². The quantitative estimate of drug-likeness (QED) is 0.854. The van der Waals surface area contributed by atoms with E-state index in [2.05, 4.69) is 5.32 Å². The Labute approximate surface area is 104 Å². The summed E-state index contributed by atoms with van der Waals surface area (Å²) in [4.78, 5) is 22.8. The smallest absolute Gasteiger partial charge is 0.327 e. The van der Waals surface area contributed by atoms with Gasteiger partial charge in [0.25, 0.3) is 0 Å². The number of hydrogen-bond donors (Lipinski definition) is 2. The molecule has 1 aromatic rings. The molecule has 1 saturated heterocycles. The molecule has 1 aliphatic rings. The van der Waals surface area contributed by atoms with Crippen molar-refractivity contribution in [1.29, 1.82) is 0 Å². The Morgan fingerprint density at radius 2 is 2.33 bits per heavy atom. The maximum atomic E-state index is 13.3. The molecule has 18 heavy (non-hydrogen) atoms. The molecule has 1 heterocycles. The van der Waals surface area contributed by atoms with Gasteiger partial charge >= 0.3 is 5.97 Å². The minimum atomic E-state index is -1.09. The summed E-state index contributed by atoms with van der Waals surface area (Å²) >= 11 is 0. The number of nitrogens with one attached hydrogen (secondary N) is 1. The Morgan fingerprint density at radius 3 is 2.89 bits per heavy atom. The van der Waals surface area contributed by atoms with E-state index in [-0.39, 0.29) is 12.3 Å². The number of carbonyl (C=O) groups is 2. The van der Waals surface area contributed by atoms with E-state index in [1.807, 2.05) is 0 Å². The molecule has 0 aromatic heterocycles. The fourth-order valence-corrected chi connectivity index (χ4v) is 2.64. The molecule has 1 amide bonds. The first kappa shape index (κ1) is 12.5. The van der Waals surface area contributed by atoms with Crippen LogP contribution in [-0.2, 0) is 15.0 Å². The van der Waals surface area contributed by atoms with Crippen molar-refractivity contribution in [2.45, 2.75) is 31.2 Å². The number of carbonyl (C=O) groups excluding carboxylic acids is 1. The predicted molar refractivity (Wildman–Crippen MR) is 62.6 cm³/mol. The zero-order chi connectivity index (χ0) is 13.3. The third kappa shape index (κ3) is 1.85. The van der Waals surface area contributed by atoms with Gasteiger partial charge in [0, 0.05) is 11.8 Å². The van der Waals surface area contributed by atoms with E-state index in [1.54, 1.807) is 13.0 Å². The molecule has 1 fully saturated rings. The van der Waals surface area contributed by atoms with Gasteiger partial charge in [0.05, 0.1) is 0 Å². The van der Waals surface area contributed by atoms with Crippen LogP contribution in [0.2, 0.25) is 0 Å². The Hall–Kier alpha value is -1.91. The average molecular weight is 251 g/mol. The van der Waals surface area contributed by atoms with Crippen LogP contribution in [0.1, 0.15) is 25.3 Å². The minimum Gasteiger partial charge on any atom is -0.480 e. The topological polar surface area (TPSA) is 66.4 Å². The highest BCUT2D eigenvalue weighted by atomic mass is 19.1. The van der Waals surface area contributed by atoms with E-state index < -0.39 is 23.2 Å². The molecule has 0 saturated carbocycles. The highest BCUT2D eigenvalue weighted by Gasteiger charge is 2.50. The highest BCUT2D eigenvalue weighted by Crippen LogP contribution is 2.39. The summed E-state index contributed by atoms with van der Waals surface area (Å²) in [7, 11) is 0. The lowest BCUT2D eigenvalue weighted by Crippen LogP contribution is -2.46. The van der Waals surface area contributed by atoms with Gasteiger partial charge in [-0.15, -0.1) is 0 Å². The van der Waals surface area contributed by atoms with Crippen molar-refractivity contribution >= 4 is 11.9 Å². The lowest BCUT2D eigenvalue weighted by molar-refractivity contribution is -0.141. The highest BCUT2D eigenvalue weighted by molar-refractivity contribution is 5.91. The molecular weight excluding hydrogens is 237 g/mol. The SMILES string of the molecule is CCC1(c2cccc(F)c2)CC(=O)NC1C(=O)O. The van der Waals surface area contributed by atoms with E-state index >= 15 is 0 Å². The first-order valence-corrected chi connectivity index (χ1v) is 5.78. The Balaban J connectivity index is 2.53. The number of amides is 1. The van der Waals surface area contributed by atoms with Crippen LogP contribution < -0.4 is 5.32 Å². The summed E-state index contributed by atoms with van der Waals surface area (Å²) < 4.78 is 13.3. The van der Waals surface area contributed by atoms with Gasteiger partial charge in [-0.25, -0.2) is 9.18 Å². The second kappa shape index (κ2) is 4.40. The molecule has 1 aromatic carbocycles.